The molecule has 0 spiro atoms. The fourth-order valence-electron chi connectivity index (χ4n) is 1.32. The van der Waals surface area contributed by atoms with Gasteiger partial charge < -0.3 is 14.8 Å². The summed E-state index contributed by atoms with van der Waals surface area (Å²) in [6.45, 7) is 2.15. The van der Waals surface area contributed by atoms with Crippen LogP contribution in [0.15, 0.2) is 22.7 Å². The minimum atomic E-state index is -0.339. The molecule has 1 aromatic carbocycles. The molecule has 0 aromatic heterocycles. The van der Waals surface area contributed by atoms with Gasteiger partial charge in [0.05, 0.1) is 17.5 Å². The topological polar surface area (TPSA) is 64.6 Å². The van der Waals surface area contributed by atoms with Crippen LogP contribution in [-0.4, -0.2) is 31.6 Å². The SMILES string of the molecule is CCOC(=O)CCNC(=O)COc1ccc(Cl)cc1Br. The Morgan fingerprint density at radius 1 is 1.40 bits per heavy atom. The lowest BCUT2D eigenvalue weighted by atomic mass is 10.3. The van der Waals surface area contributed by atoms with Crippen molar-refractivity contribution in [1.29, 1.82) is 0 Å². The minimum absolute atomic E-state index is 0.136. The number of carbonyl (C=O) groups is 2. The number of hydrogen-bond donors (Lipinski definition) is 1. The van der Waals surface area contributed by atoms with Crippen LogP contribution < -0.4 is 10.1 Å². The largest absolute Gasteiger partial charge is 0.483 e. The summed E-state index contributed by atoms with van der Waals surface area (Å²) in [5.74, 6) is -0.125. The first-order valence-electron chi connectivity index (χ1n) is 6.03. The van der Waals surface area contributed by atoms with E-state index >= 15 is 0 Å². The van der Waals surface area contributed by atoms with E-state index in [-0.39, 0.29) is 31.4 Å². The second-order valence-corrected chi connectivity index (χ2v) is 5.06. The molecule has 0 aliphatic carbocycles. The number of carbonyl (C=O) groups excluding carboxylic acids is 2. The van der Waals surface area contributed by atoms with Crippen molar-refractivity contribution >= 4 is 39.4 Å². The number of nitrogens with one attached hydrogen (secondary N) is 1. The summed E-state index contributed by atoms with van der Waals surface area (Å²) in [6, 6.07) is 5.01. The average Bonchev–Trinajstić information content (AvgIpc) is 2.38. The molecule has 110 valence electrons. The highest BCUT2D eigenvalue weighted by Gasteiger charge is 2.07. The predicted molar refractivity (Wildman–Crippen MR) is 78.9 cm³/mol. The van der Waals surface area contributed by atoms with E-state index in [1.165, 1.54) is 0 Å². The second kappa shape index (κ2) is 8.81. The van der Waals surface area contributed by atoms with Crippen LogP contribution in [0, 0.1) is 0 Å². The van der Waals surface area contributed by atoms with Crippen LogP contribution in [0.25, 0.3) is 0 Å². The first-order chi connectivity index (χ1) is 9.52. The Balaban J connectivity index is 2.28. The quantitative estimate of drug-likeness (QED) is 0.755. The van der Waals surface area contributed by atoms with Gasteiger partial charge in [0, 0.05) is 11.6 Å². The van der Waals surface area contributed by atoms with Crippen molar-refractivity contribution in [2.75, 3.05) is 19.8 Å². The van der Waals surface area contributed by atoms with E-state index in [0.717, 1.165) is 0 Å². The first kappa shape index (κ1) is 16.8. The Labute approximate surface area is 130 Å². The van der Waals surface area contributed by atoms with Gasteiger partial charge in [-0.15, -0.1) is 0 Å². The molecule has 5 nitrogen and oxygen atoms in total. The fraction of sp³-hybridized carbons (Fsp3) is 0.385. The molecule has 1 amide bonds. The molecule has 7 heteroatoms. The molecule has 20 heavy (non-hydrogen) atoms. The van der Waals surface area contributed by atoms with Gasteiger partial charge in [-0.1, -0.05) is 11.6 Å². The van der Waals surface area contributed by atoms with Gasteiger partial charge in [-0.05, 0) is 41.1 Å². The van der Waals surface area contributed by atoms with E-state index in [1.54, 1.807) is 25.1 Å². The van der Waals surface area contributed by atoms with Crippen LogP contribution in [-0.2, 0) is 14.3 Å². The number of esters is 1. The van der Waals surface area contributed by atoms with E-state index in [2.05, 4.69) is 21.2 Å². The van der Waals surface area contributed by atoms with E-state index in [4.69, 9.17) is 21.1 Å². The van der Waals surface area contributed by atoms with E-state index < -0.39 is 0 Å². The third-order valence-electron chi connectivity index (χ3n) is 2.21. The maximum Gasteiger partial charge on any atom is 0.307 e. The molecule has 0 aliphatic rings. The number of hydrogen-bond acceptors (Lipinski definition) is 4. The van der Waals surface area contributed by atoms with E-state index in [1.807, 2.05) is 0 Å². The van der Waals surface area contributed by atoms with Gasteiger partial charge in [-0.3, -0.25) is 9.59 Å². The van der Waals surface area contributed by atoms with Crippen molar-refractivity contribution in [1.82, 2.24) is 5.32 Å². The summed E-state index contributed by atoms with van der Waals surface area (Å²) in [7, 11) is 0. The summed E-state index contributed by atoms with van der Waals surface area (Å²) in [6.07, 6.45) is 0.143. The predicted octanol–water partition coefficient (Wildman–Crippen LogP) is 2.55. The van der Waals surface area contributed by atoms with Crippen LogP contribution in [0.2, 0.25) is 5.02 Å². The molecule has 1 N–H and O–H groups in total. The van der Waals surface area contributed by atoms with Crippen LogP contribution in [0.1, 0.15) is 13.3 Å². The van der Waals surface area contributed by atoms with Crippen molar-refractivity contribution < 1.29 is 19.1 Å². The van der Waals surface area contributed by atoms with Gasteiger partial charge in [-0.2, -0.15) is 0 Å². The summed E-state index contributed by atoms with van der Waals surface area (Å²) in [5, 5.41) is 3.14. The zero-order valence-corrected chi connectivity index (χ0v) is 13.3. The van der Waals surface area contributed by atoms with E-state index in [9.17, 15) is 9.59 Å². The third kappa shape index (κ3) is 6.25. The summed E-state index contributed by atoms with van der Waals surface area (Å²) >= 11 is 9.08. The van der Waals surface area contributed by atoms with Crippen molar-refractivity contribution in [3.63, 3.8) is 0 Å². The van der Waals surface area contributed by atoms with Gasteiger partial charge in [0.2, 0.25) is 0 Å². The van der Waals surface area contributed by atoms with Crippen molar-refractivity contribution in [2.45, 2.75) is 13.3 Å². The van der Waals surface area contributed by atoms with Gasteiger partial charge >= 0.3 is 5.97 Å². The summed E-state index contributed by atoms with van der Waals surface area (Å²) in [5.41, 5.74) is 0. The highest BCUT2D eigenvalue weighted by atomic mass is 79.9. The Morgan fingerprint density at radius 3 is 2.80 bits per heavy atom. The van der Waals surface area contributed by atoms with E-state index in [0.29, 0.717) is 21.9 Å². The summed E-state index contributed by atoms with van der Waals surface area (Å²) in [4.78, 5) is 22.6. The fourth-order valence-corrected chi connectivity index (χ4v) is 2.12. The Hall–Kier alpha value is -1.27. The molecule has 0 radical (unpaired) electrons. The molecule has 0 bridgehead atoms. The van der Waals surface area contributed by atoms with Gasteiger partial charge in [0.25, 0.3) is 5.91 Å². The Morgan fingerprint density at radius 2 is 2.15 bits per heavy atom. The molecule has 0 aliphatic heterocycles. The molecular weight excluding hydrogens is 350 g/mol. The van der Waals surface area contributed by atoms with Crippen LogP contribution >= 0.6 is 27.5 Å². The zero-order chi connectivity index (χ0) is 15.0. The minimum Gasteiger partial charge on any atom is -0.483 e. The average molecular weight is 365 g/mol. The lowest BCUT2D eigenvalue weighted by Gasteiger charge is -2.09. The van der Waals surface area contributed by atoms with Gasteiger partial charge in [0.15, 0.2) is 6.61 Å². The number of amides is 1. The highest BCUT2D eigenvalue weighted by Crippen LogP contribution is 2.27. The molecule has 0 fully saturated rings. The van der Waals surface area contributed by atoms with Crippen LogP contribution in [0.3, 0.4) is 0 Å². The molecule has 0 unspecified atom stereocenters. The molecule has 0 saturated carbocycles. The standard InChI is InChI=1S/C13H15BrClNO4/c1-2-19-13(18)5-6-16-12(17)8-20-11-4-3-9(15)7-10(11)14/h3-4,7H,2,5-6,8H2,1H3,(H,16,17). The van der Waals surface area contributed by atoms with Crippen molar-refractivity contribution in [2.24, 2.45) is 0 Å². The maximum atomic E-state index is 11.5. The molecule has 0 atom stereocenters. The van der Waals surface area contributed by atoms with Gasteiger partial charge in [-0.25, -0.2) is 0 Å². The van der Waals surface area contributed by atoms with Crippen LogP contribution in [0.4, 0.5) is 0 Å². The smallest absolute Gasteiger partial charge is 0.307 e. The number of rotatable bonds is 7. The lowest BCUT2D eigenvalue weighted by molar-refractivity contribution is -0.143. The molecule has 1 aromatic rings. The molecular formula is C13H15BrClNO4. The second-order valence-electron chi connectivity index (χ2n) is 3.77. The maximum absolute atomic E-state index is 11.5. The molecule has 0 saturated heterocycles. The lowest BCUT2D eigenvalue weighted by Crippen LogP contribution is -2.31. The Bertz CT molecular complexity index is 481. The summed E-state index contributed by atoms with van der Waals surface area (Å²) < 4.78 is 10.7. The normalized spacial score (nSPS) is 9.95. The number of ether oxygens (including phenoxy) is 2. The zero-order valence-electron chi connectivity index (χ0n) is 10.9. The first-order valence-corrected chi connectivity index (χ1v) is 7.20. The Kier molecular flexibility index (Phi) is 7.40. The molecule has 1 rings (SSSR count). The van der Waals surface area contributed by atoms with Crippen molar-refractivity contribution in [3.05, 3.63) is 27.7 Å². The highest BCUT2D eigenvalue weighted by molar-refractivity contribution is 9.10. The monoisotopic (exact) mass is 363 g/mol. The molecule has 0 heterocycles. The number of halogens is 2. The number of benzene rings is 1. The third-order valence-corrected chi connectivity index (χ3v) is 3.06. The van der Waals surface area contributed by atoms with Gasteiger partial charge in [0.1, 0.15) is 5.75 Å². The van der Waals surface area contributed by atoms with Crippen molar-refractivity contribution in [3.8, 4) is 5.75 Å². The van der Waals surface area contributed by atoms with Crippen LogP contribution in [0.5, 0.6) is 5.75 Å².